The lowest BCUT2D eigenvalue weighted by Crippen LogP contribution is -2.12. The molecule has 3 aromatic carbocycles. The lowest BCUT2D eigenvalue weighted by atomic mass is 9.88. The Balaban J connectivity index is 1.84. The molecular weight excluding hydrogens is 432 g/mol. The molecular formula is C27H23BrN2. The number of aromatic nitrogens is 2. The first kappa shape index (κ1) is 19.1. The second kappa shape index (κ2) is 7.10. The third-order valence-corrected chi connectivity index (χ3v) is 6.39. The van der Waals surface area contributed by atoms with Gasteiger partial charge in [-0.1, -0.05) is 85.2 Å². The standard InChI is InChI=1S/C27H23BrN2/c1-27(2,3)19-14-15-29-26(17-19)30-24-11-7-5-9-21(24)22-13-12-18(16-25(22)30)20-8-4-6-10-23(20)28/h4-17H,1-3H3. The van der Waals surface area contributed by atoms with Crippen molar-refractivity contribution >= 4 is 37.7 Å². The predicted molar refractivity (Wildman–Crippen MR) is 130 cm³/mol. The lowest BCUT2D eigenvalue weighted by Gasteiger charge is -2.20. The minimum absolute atomic E-state index is 0.0660. The molecule has 0 aliphatic rings. The number of halogens is 1. The van der Waals surface area contributed by atoms with Crippen molar-refractivity contribution in [2.24, 2.45) is 0 Å². The van der Waals surface area contributed by atoms with Crippen LogP contribution < -0.4 is 0 Å². The van der Waals surface area contributed by atoms with Gasteiger partial charge >= 0.3 is 0 Å². The number of fused-ring (bicyclic) bond motifs is 3. The quantitative estimate of drug-likeness (QED) is 0.265. The monoisotopic (exact) mass is 454 g/mol. The molecule has 0 bridgehead atoms. The average molecular weight is 455 g/mol. The van der Waals surface area contributed by atoms with Crippen LogP contribution in [0.1, 0.15) is 26.3 Å². The molecule has 0 aliphatic carbocycles. The maximum atomic E-state index is 4.77. The molecule has 0 aliphatic heterocycles. The van der Waals surface area contributed by atoms with Gasteiger partial charge in [0.2, 0.25) is 0 Å². The normalized spacial score (nSPS) is 12.0. The Bertz CT molecular complexity index is 1390. The summed E-state index contributed by atoms with van der Waals surface area (Å²) in [6.45, 7) is 6.72. The van der Waals surface area contributed by atoms with E-state index in [-0.39, 0.29) is 5.41 Å². The highest BCUT2D eigenvalue weighted by Gasteiger charge is 2.18. The number of nitrogens with zero attached hydrogens (tertiary/aromatic N) is 2. The number of rotatable bonds is 2. The number of pyridine rings is 1. The number of para-hydroxylation sites is 1. The van der Waals surface area contributed by atoms with E-state index in [4.69, 9.17) is 4.98 Å². The molecule has 30 heavy (non-hydrogen) atoms. The number of hydrogen-bond acceptors (Lipinski definition) is 1. The first-order valence-corrected chi connectivity index (χ1v) is 11.0. The smallest absolute Gasteiger partial charge is 0.137 e. The summed E-state index contributed by atoms with van der Waals surface area (Å²) in [6, 6.07) is 28.0. The van der Waals surface area contributed by atoms with Gasteiger partial charge < -0.3 is 0 Å². The third-order valence-electron chi connectivity index (χ3n) is 5.70. The van der Waals surface area contributed by atoms with Crippen LogP contribution in [0.3, 0.4) is 0 Å². The third kappa shape index (κ3) is 3.14. The van der Waals surface area contributed by atoms with Gasteiger partial charge in [-0.15, -0.1) is 0 Å². The Kier molecular flexibility index (Phi) is 4.52. The number of hydrogen-bond donors (Lipinski definition) is 0. The van der Waals surface area contributed by atoms with E-state index >= 15 is 0 Å². The average Bonchev–Trinajstić information content (AvgIpc) is 3.07. The van der Waals surface area contributed by atoms with Crippen molar-refractivity contribution in [2.75, 3.05) is 0 Å². The van der Waals surface area contributed by atoms with E-state index in [9.17, 15) is 0 Å². The van der Waals surface area contributed by atoms with Gasteiger partial charge in [0.15, 0.2) is 0 Å². The van der Waals surface area contributed by atoms with Gasteiger partial charge in [-0.05, 0) is 52.4 Å². The Labute approximate surface area is 185 Å². The van der Waals surface area contributed by atoms with Gasteiger partial charge in [-0.2, -0.15) is 0 Å². The highest BCUT2D eigenvalue weighted by molar-refractivity contribution is 9.10. The molecule has 0 atom stereocenters. The van der Waals surface area contributed by atoms with Crippen LogP contribution in [0.4, 0.5) is 0 Å². The van der Waals surface area contributed by atoms with E-state index in [1.54, 1.807) is 0 Å². The van der Waals surface area contributed by atoms with Gasteiger partial charge in [0, 0.05) is 21.4 Å². The molecule has 2 nitrogen and oxygen atoms in total. The van der Waals surface area contributed by atoms with Crippen LogP contribution in [0.2, 0.25) is 0 Å². The summed E-state index contributed by atoms with van der Waals surface area (Å²) in [5.74, 6) is 0.956. The summed E-state index contributed by atoms with van der Waals surface area (Å²) in [7, 11) is 0. The van der Waals surface area contributed by atoms with Gasteiger partial charge in [-0.3, -0.25) is 4.57 Å². The zero-order valence-corrected chi connectivity index (χ0v) is 18.9. The summed E-state index contributed by atoms with van der Waals surface area (Å²) in [5, 5.41) is 2.48. The Hall–Kier alpha value is -2.91. The molecule has 5 aromatic rings. The maximum absolute atomic E-state index is 4.77. The highest BCUT2D eigenvalue weighted by atomic mass is 79.9. The second-order valence-corrected chi connectivity index (χ2v) is 9.57. The van der Waals surface area contributed by atoms with Crippen molar-refractivity contribution in [1.82, 2.24) is 9.55 Å². The van der Waals surface area contributed by atoms with Crippen LogP contribution in [-0.4, -0.2) is 9.55 Å². The van der Waals surface area contributed by atoms with Crippen LogP contribution in [0.15, 0.2) is 89.5 Å². The van der Waals surface area contributed by atoms with Crippen LogP contribution >= 0.6 is 15.9 Å². The van der Waals surface area contributed by atoms with Crippen molar-refractivity contribution in [3.8, 4) is 16.9 Å². The van der Waals surface area contributed by atoms with E-state index in [2.05, 4.69) is 114 Å². The topological polar surface area (TPSA) is 17.8 Å². The van der Waals surface area contributed by atoms with E-state index in [0.29, 0.717) is 0 Å². The first-order chi connectivity index (χ1) is 14.4. The second-order valence-electron chi connectivity index (χ2n) is 8.72. The van der Waals surface area contributed by atoms with Crippen LogP contribution in [-0.2, 0) is 5.41 Å². The van der Waals surface area contributed by atoms with Gasteiger partial charge in [0.05, 0.1) is 11.0 Å². The zero-order valence-electron chi connectivity index (χ0n) is 17.4. The van der Waals surface area contributed by atoms with Crippen molar-refractivity contribution in [1.29, 1.82) is 0 Å². The Morgan fingerprint density at radius 1 is 0.767 bits per heavy atom. The van der Waals surface area contributed by atoms with Crippen molar-refractivity contribution < 1.29 is 0 Å². The largest absolute Gasteiger partial charge is 0.294 e. The van der Waals surface area contributed by atoms with Crippen LogP contribution in [0.25, 0.3) is 38.8 Å². The fraction of sp³-hybridized carbons (Fsp3) is 0.148. The minimum Gasteiger partial charge on any atom is -0.294 e. The summed E-state index contributed by atoms with van der Waals surface area (Å²) in [5.41, 5.74) is 6.06. The van der Waals surface area contributed by atoms with Crippen LogP contribution in [0, 0.1) is 0 Å². The van der Waals surface area contributed by atoms with E-state index in [0.717, 1.165) is 10.3 Å². The molecule has 0 saturated heterocycles. The molecule has 3 heteroatoms. The van der Waals surface area contributed by atoms with Crippen molar-refractivity contribution in [3.05, 3.63) is 95.1 Å². The van der Waals surface area contributed by atoms with Gasteiger partial charge in [0.1, 0.15) is 5.82 Å². The van der Waals surface area contributed by atoms with E-state index < -0.39 is 0 Å². The fourth-order valence-electron chi connectivity index (χ4n) is 4.09. The maximum Gasteiger partial charge on any atom is 0.137 e. The number of benzene rings is 3. The summed E-state index contributed by atoms with van der Waals surface area (Å²) >= 11 is 3.71. The minimum atomic E-state index is 0.0660. The highest BCUT2D eigenvalue weighted by Crippen LogP contribution is 2.36. The SMILES string of the molecule is CC(C)(C)c1ccnc(-n2c3ccccc3c3ccc(-c4ccccc4Br)cc32)c1. The van der Waals surface area contributed by atoms with Crippen LogP contribution in [0.5, 0.6) is 0 Å². The first-order valence-electron chi connectivity index (χ1n) is 10.2. The fourth-order valence-corrected chi connectivity index (χ4v) is 4.60. The molecule has 0 unspecified atom stereocenters. The molecule has 2 heterocycles. The molecule has 0 N–H and O–H groups in total. The van der Waals surface area contributed by atoms with Gasteiger partial charge in [-0.25, -0.2) is 4.98 Å². The Morgan fingerprint density at radius 3 is 2.30 bits per heavy atom. The molecule has 0 amide bonds. The van der Waals surface area contributed by atoms with Crippen molar-refractivity contribution in [2.45, 2.75) is 26.2 Å². The van der Waals surface area contributed by atoms with Gasteiger partial charge in [0.25, 0.3) is 0 Å². The lowest BCUT2D eigenvalue weighted by molar-refractivity contribution is 0.588. The molecule has 0 saturated carbocycles. The summed E-state index contributed by atoms with van der Waals surface area (Å²) in [6.07, 6.45) is 1.92. The van der Waals surface area contributed by atoms with Crippen molar-refractivity contribution in [3.63, 3.8) is 0 Å². The van der Waals surface area contributed by atoms with E-state index in [1.807, 2.05) is 12.3 Å². The molecule has 0 radical (unpaired) electrons. The zero-order chi connectivity index (χ0) is 20.9. The molecule has 148 valence electrons. The van der Waals surface area contributed by atoms with E-state index in [1.165, 1.54) is 38.5 Å². The Morgan fingerprint density at radius 2 is 1.50 bits per heavy atom. The predicted octanol–water partition coefficient (Wildman–Crippen LogP) is 7.91. The molecule has 0 fully saturated rings. The molecule has 5 rings (SSSR count). The summed E-state index contributed by atoms with van der Waals surface area (Å²) < 4.78 is 3.39. The molecule has 0 spiro atoms. The molecule has 2 aromatic heterocycles. The summed E-state index contributed by atoms with van der Waals surface area (Å²) in [4.78, 5) is 4.77.